The van der Waals surface area contributed by atoms with Crippen molar-refractivity contribution in [1.29, 1.82) is 0 Å². The zero-order valence-electron chi connectivity index (χ0n) is 12.8. The summed E-state index contributed by atoms with van der Waals surface area (Å²) in [5.74, 6) is 0.276. The number of carbonyl (C=O) groups excluding carboxylic acids is 2. The molecule has 0 saturated carbocycles. The van der Waals surface area contributed by atoms with E-state index in [0.717, 1.165) is 0 Å². The highest BCUT2D eigenvalue weighted by atomic mass is 16.5. The predicted molar refractivity (Wildman–Crippen MR) is 90.8 cm³/mol. The minimum atomic E-state index is -0.236. The van der Waals surface area contributed by atoms with Gasteiger partial charge in [-0.3, -0.25) is 9.59 Å². The van der Waals surface area contributed by atoms with Crippen LogP contribution in [0, 0.1) is 0 Å². The van der Waals surface area contributed by atoms with Crippen molar-refractivity contribution in [3.05, 3.63) is 66.7 Å². The summed E-state index contributed by atoms with van der Waals surface area (Å²) in [7, 11) is 0. The van der Waals surface area contributed by atoms with Crippen LogP contribution in [-0.2, 0) is 4.79 Å². The fourth-order valence-corrected chi connectivity index (χ4v) is 1.94. The van der Waals surface area contributed by atoms with Crippen LogP contribution < -0.4 is 15.4 Å². The van der Waals surface area contributed by atoms with Gasteiger partial charge in [-0.05, 0) is 42.5 Å². The molecule has 0 aliphatic carbocycles. The van der Waals surface area contributed by atoms with E-state index in [1.807, 2.05) is 0 Å². The summed E-state index contributed by atoms with van der Waals surface area (Å²) < 4.78 is 5.37. The van der Waals surface area contributed by atoms with Crippen LogP contribution in [0.5, 0.6) is 5.75 Å². The van der Waals surface area contributed by atoms with Gasteiger partial charge in [-0.2, -0.15) is 0 Å². The molecule has 2 aromatic carbocycles. The van der Waals surface area contributed by atoms with Crippen molar-refractivity contribution in [3.63, 3.8) is 0 Å². The Kier molecular flexibility index (Phi) is 5.52. The summed E-state index contributed by atoms with van der Waals surface area (Å²) in [5, 5.41) is 5.46. The third kappa shape index (κ3) is 5.00. The van der Waals surface area contributed by atoms with E-state index in [1.165, 1.54) is 6.92 Å². The molecule has 2 aromatic rings. The number of benzene rings is 2. The van der Waals surface area contributed by atoms with Gasteiger partial charge in [0.15, 0.2) is 0 Å². The van der Waals surface area contributed by atoms with Gasteiger partial charge in [-0.15, -0.1) is 0 Å². The second-order valence-corrected chi connectivity index (χ2v) is 4.84. The van der Waals surface area contributed by atoms with Gasteiger partial charge in [0.1, 0.15) is 12.4 Å². The molecule has 118 valence electrons. The summed E-state index contributed by atoms with van der Waals surface area (Å²) in [6.45, 7) is 5.43. The molecule has 2 rings (SSSR count). The molecule has 5 nitrogen and oxygen atoms in total. The fourth-order valence-electron chi connectivity index (χ4n) is 1.94. The Morgan fingerprint density at radius 3 is 2.35 bits per heavy atom. The number of rotatable bonds is 6. The highest BCUT2D eigenvalue weighted by Gasteiger charge is 2.07. The average Bonchev–Trinajstić information content (AvgIpc) is 2.53. The van der Waals surface area contributed by atoms with E-state index >= 15 is 0 Å². The fraction of sp³-hybridized carbons (Fsp3) is 0.111. The van der Waals surface area contributed by atoms with Crippen LogP contribution >= 0.6 is 0 Å². The first-order valence-corrected chi connectivity index (χ1v) is 7.11. The summed E-state index contributed by atoms with van der Waals surface area (Å²) in [6, 6.07) is 13.8. The van der Waals surface area contributed by atoms with Gasteiger partial charge in [0, 0.05) is 23.9 Å². The van der Waals surface area contributed by atoms with Gasteiger partial charge in [0.2, 0.25) is 5.91 Å². The maximum absolute atomic E-state index is 12.2. The van der Waals surface area contributed by atoms with Crippen molar-refractivity contribution < 1.29 is 14.3 Å². The van der Waals surface area contributed by atoms with Crippen LogP contribution in [0.4, 0.5) is 11.4 Å². The van der Waals surface area contributed by atoms with E-state index in [9.17, 15) is 9.59 Å². The Bertz CT molecular complexity index is 708. The normalized spacial score (nSPS) is 9.78. The first-order chi connectivity index (χ1) is 11.1. The Labute approximate surface area is 135 Å². The van der Waals surface area contributed by atoms with Crippen molar-refractivity contribution in [1.82, 2.24) is 0 Å². The van der Waals surface area contributed by atoms with Gasteiger partial charge in [-0.1, -0.05) is 18.7 Å². The third-order valence-corrected chi connectivity index (χ3v) is 2.93. The second kappa shape index (κ2) is 7.79. The Morgan fingerprint density at radius 1 is 1.09 bits per heavy atom. The van der Waals surface area contributed by atoms with Crippen LogP contribution in [0.15, 0.2) is 61.2 Å². The summed E-state index contributed by atoms with van der Waals surface area (Å²) in [6.07, 6.45) is 1.66. The largest absolute Gasteiger partial charge is 0.490 e. The van der Waals surface area contributed by atoms with Gasteiger partial charge in [0.05, 0.1) is 0 Å². The molecule has 2 amide bonds. The zero-order chi connectivity index (χ0) is 16.7. The first-order valence-electron chi connectivity index (χ1n) is 7.11. The molecule has 23 heavy (non-hydrogen) atoms. The van der Waals surface area contributed by atoms with Gasteiger partial charge in [-0.25, -0.2) is 0 Å². The number of hydrogen-bond donors (Lipinski definition) is 2. The summed E-state index contributed by atoms with van der Waals surface area (Å²) in [5.41, 5.74) is 1.75. The lowest BCUT2D eigenvalue weighted by Crippen LogP contribution is -2.12. The molecular formula is C18H18N2O3. The predicted octanol–water partition coefficient (Wildman–Crippen LogP) is 3.46. The SMILES string of the molecule is C=CCOc1ccc(C(=O)Nc2cccc(NC(C)=O)c2)cc1. The Hall–Kier alpha value is -3.08. The molecule has 0 aliphatic rings. The van der Waals surface area contributed by atoms with Crippen molar-refractivity contribution >= 4 is 23.2 Å². The molecule has 0 aliphatic heterocycles. The standard InChI is InChI=1S/C18H18N2O3/c1-3-11-23-17-9-7-14(8-10-17)18(22)20-16-6-4-5-15(12-16)19-13(2)21/h3-10,12H,1,11H2,2H3,(H,19,21)(H,20,22). The number of anilines is 2. The quantitative estimate of drug-likeness (QED) is 0.803. The lowest BCUT2D eigenvalue weighted by Gasteiger charge is -2.08. The topological polar surface area (TPSA) is 67.4 Å². The smallest absolute Gasteiger partial charge is 0.255 e. The number of ether oxygens (including phenoxy) is 1. The second-order valence-electron chi connectivity index (χ2n) is 4.84. The van der Waals surface area contributed by atoms with E-state index in [-0.39, 0.29) is 11.8 Å². The summed E-state index contributed by atoms with van der Waals surface area (Å²) >= 11 is 0. The van der Waals surface area contributed by atoms with E-state index in [2.05, 4.69) is 17.2 Å². The Morgan fingerprint density at radius 2 is 1.74 bits per heavy atom. The van der Waals surface area contributed by atoms with Crippen molar-refractivity contribution in [2.75, 3.05) is 17.2 Å². The maximum Gasteiger partial charge on any atom is 0.255 e. The molecule has 0 spiro atoms. The molecule has 0 atom stereocenters. The first kappa shape index (κ1) is 16.3. The van der Waals surface area contributed by atoms with Crippen molar-refractivity contribution in [2.45, 2.75) is 6.92 Å². The average molecular weight is 310 g/mol. The number of carbonyl (C=O) groups is 2. The number of nitrogens with one attached hydrogen (secondary N) is 2. The van der Waals surface area contributed by atoms with Crippen LogP contribution in [0.1, 0.15) is 17.3 Å². The molecule has 0 aromatic heterocycles. The number of amides is 2. The third-order valence-electron chi connectivity index (χ3n) is 2.93. The van der Waals surface area contributed by atoms with Crippen LogP contribution in [-0.4, -0.2) is 18.4 Å². The van der Waals surface area contributed by atoms with Crippen molar-refractivity contribution in [3.8, 4) is 5.75 Å². The molecule has 0 bridgehead atoms. The van der Waals surface area contributed by atoms with Gasteiger partial charge < -0.3 is 15.4 Å². The van der Waals surface area contributed by atoms with Crippen LogP contribution in [0.3, 0.4) is 0 Å². The lowest BCUT2D eigenvalue weighted by atomic mass is 10.2. The number of hydrogen-bond acceptors (Lipinski definition) is 3. The van der Waals surface area contributed by atoms with Crippen LogP contribution in [0.2, 0.25) is 0 Å². The molecule has 2 N–H and O–H groups in total. The molecule has 0 saturated heterocycles. The highest BCUT2D eigenvalue weighted by Crippen LogP contribution is 2.17. The van der Waals surface area contributed by atoms with E-state index in [0.29, 0.717) is 29.3 Å². The van der Waals surface area contributed by atoms with Crippen LogP contribution in [0.25, 0.3) is 0 Å². The van der Waals surface area contributed by atoms with E-state index < -0.39 is 0 Å². The molecule has 0 heterocycles. The minimum absolute atomic E-state index is 0.163. The molecule has 5 heteroatoms. The molecule has 0 fully saturated rings. The Balaban J connectivity index is 2.03. The van der Waals surface area contributed by atoms with Gasteiger partial charge >= 0.3 is 0 Å². The van der Waals surface area contributed by atoms with Crippen molar-refractivity contribution in [2.24, 2.45) is 0 Å². The molecule has 0 radical (unpaired) electrons. The van der Waals surface area contributed by atoms with E-state index in [1.54, 1.807) is 54.6 Å². The highest BCUT2D eigenvalue weighted by molar-refractivity contribution is 6.04. The van der Waals surface area contributed by atoms with E-state index in [4.69, 9.17) is 4.74 Å². The van der Waals surface area contributed by atoms with Gasteiger partial charge in [0.25, 0.3) is 5.91 Å². The minimum Gasteiger partial charge on any atom is -0.490 e. The monoisotopic (exact) mass is 310 g/mol. The molecule has 0 unspecified atom stereocenters. The lowest BCUT2D eigenvalue weighted by molar-refractivity contribution is -0.114. The summed E-state index contributed by atoms with van der Waals surface area (Å²) in [4.78, 5) is 23.3. The molecular weight excluding hydrogens is 292 g/mol. The zero-order valence-corrected chi connectivity index (χ0v) is 12.8. The maximum atomic E-state index is 12.2.